The van der Waals surface area contributed by atoms with Crippen LogP contribution in [-0.4, -0.2) is 25.2 Å². The van der Waals surface area contributed by atoms with E-state index < -0.39 is 0 Å². The number of rotatable bonds is 46. The summed E-state index contributed by atoms with van der Waals surface area (Å²) in [6, 6.07) is 0. The Morgan fingerprint density at radius 2 is 0.712 bits per heavy atom. The maximum Gasteiger partial charge on any atom is 0.305 e. The summed E-state index contributed by atoms with van der Waals surface area (Å²) in [6.07, 6.45) is 56.9. The van der Waals surface area contributed by atoms with Crippen LogP contribution in [0.15, 0.2) is 0 Å². The monoisotopic (exact) mass is 927 g/mol. The molecule has 2 saturated carbocycles. The van der Waals surface area contributed by atoms with Crippen LogP contribution in [0.5, 0.6) is 0 Å². The minimum Gasteiger partial charge on any atom is -0.466 e. The zero-order valence-electron chi connectivity index (χ0n) is 46.1. The molecule has 0 saturated heterocycles. The minimum absolute atomic E-state index is 0.0169. The summed E-state index contributed by atoms with van der Waals surface area (Å²) in [5.41, 5.74) is 0.635. The summed E-state index contributed by atoms with van der Waals surface area (Å²) >= 11 is 0. The van der Waals surface area contributed by atoms with Gasteiger partial charge in [-0.15, -0.1) is 0 Å². The van der Waals surface area contributed by atoms with Crippen molar-refractivity contribution in [2.24, 2.45) is 34.0 Å². The Morgan fingerprint density at radius 3 is 1.06 bits per heavy atom. The zero-order valence-corrected chi connectivity index (χ0v) is 46.1. The number of carbonyl (C=O) groups is 2. The Kier molecular flexibility index (Phi) is 35.8. The van der Waals surface area contributed by atoms with E-state index in [1.165, 1.54) is 244 Å². The first-order valence-corrected chi connectivity index (χ1v) is 30.3. The van der Waals surface area contributed by atoms with Crippen LogP contribution in [0.2, 0.25) is 0 Å². The first-order valence-electron chi connectivity index (χ1n) is 30.3. The van der Waals surface area contributed by atoms with Crippen LogP contribution < -0.4 is 0 Å². The third-order valence-corrected chi connectivity index (χ3v) is 17.0. The van der Waals surface area contributed by atoms with Gasteiger partial charge in [0.05, 0.1) is 13.2 Å². The highest BCUT2D eigenvalue weighted by Gasteiger charge is 2.53. The third kappa shape index (κ3) is 29.9. The van der Waals surface area contributed by atoms with Crippen molar-refractivity contribution in [2.75, 3.05) is 13.2 Å². The molecule has 390 valence electrons. The molecule has 2 aliphatic carbocycles. The number of hydrogen-bond acceptors (Lipinski definition) is 4. The molecule has 4 heteroatoms. The number of carbonyl (C=O) groups excluding carboxylic acids is 2. The largest absolute Gasteiger partial charge is 0.466 e. The summed E-state index contributed by atoms with van der Waals surface area (Å²) in [7, 11) is 0. The molecule has 0 radical (unpaired) electrons. The molecule has 4 atom stereocenters. The van der Waals surface area contributed by atoms with Gasteiger partial charge in [-0.2, -0.15) is 0 Å². The molecular formula is C62H118O4. The van der Waals surface area contributed by atoms with E-state index in [9.17, 15) is 9.59 Å². The van der Waals surface area contributed by atoms with Gasteiger partial charge in [0.1, 0.15) is 0 Å². The minimum atomic E-state index is 0.0169. The molecule has 0 aromatic rings. The van der Waals surface area contributed by atoms with Gasteiger partial charge in [-0.3, -0.25) is 9.59 Å². The number of esters is 2. The van der Waals surface area contributed by atoms with E-state index in [2.05, 4.69) is 48.5 Å². The number of hydrogen-bond donors (Lipinski definition) is 0. The smallest absolute Gasteiger partial charge is 0.305 e. The van der Waals surface area contributed by atoms with Crippen LogP contribution in [-0.2, 0) is 19.1 Å². The molecule has 4 unspecified atom stereocenters. The zero-order chi connectivity index (χ0) is 48.0. The molecule has 2 fully saturated rings. The van der Waals surface area contributed by atoms with Crippen LogP contribution in [0.1, 0.15) is 337 Å². The highest BCUT2D eigenvalue weighted by Crippen LogP contribution is 2.64. The van der Waals surface area contributed by atoms with Gasteiger partial charge in [0.25, 0.3) is 0 Å². The molecule has 0 heterocycles. The van der Waals surface area contributed by atoms with Gasteiger partial charge in [0, 0.05) is 12.8 Å². The lowest BCUT2D eigenvalue weighted by Gasteiger charge is -2.58. The summed E-state index contributed by atoms with van der Waals surface area (Å²) < 4.78 is 12.2. The molecule has 0 aliphatic heterocycles. The lowest BCUT2D eigenvalue weighted by atomic mass is 9.47. The Labute approximate surface area is 414 Å². The molecule has 0 aromatic heterocycles. The average molecular weight is 928 g/mol. The van der Waals surface area contributed by atoms with Crippen LogP contribution >= 0.6 is 0 Å². The summed E-state index contributed by atoms with van der Waals surface area (Å²) in [6.45, 7) is 17.7. The topological polar surface area (TPSA) is 52.6 Å². The Bertz CT molecular complexity index is 1110. The highest BCUT2D eigenvalue weighted by atomic mass is 16.5. The van der Waals surface area contributed by atoms with Crippen molar-refractivity contribution in [3.05, 3.63) is 0 Å². The van der Waals surface area contributed by atoms with Crippen molar-refractivity contribution in [3.63, 3.8) is 0 Å². The van der Waals surface area contributed by atoms with E-state index in [0.717, 1.165) is 32.1 Å². The molecule has 0 spiro atoms. The quantitative estimate of drug-likeness (QED) is 0.0451. The van der Waals surface area contributed by atoms with E-state index in [4.69, 9.17) is 9.47 Å². The molecule has 66 heavy (non-hydrogen) atoms. The SMILES string of the molecule is CCCCCCCCCC(CCCCCCCCC)CCOC(=O)CCC1(C)CC2CC(C)(CCC)CC(CCC(=O)OCCC(CCCCCCCCC)CCCCCCCCC)(C2)C1. The van der Waals surface area contributed by atoms with Crippen LogP contribution in [0, 0.1) is 34.0 Å². The summed E-state index contributed by atoms with van der Waals surface area (Å²) in [5.74, 6) is 2.10. The molecule has 2 bridgehead atoms. The summed E-state index contributed by atoms with van der Waals surface area (Å²) in [5, 5.41) is 0. The molecular weight excluding hydrogens is 809 g/mol. The lowest BCUT2D eigenvalue weighted by Crippen LogP contribution is -2.47. The average Bonchev–Trinajstić information content (AvgIpc) is 3.28. The maximum atomic E-state index is 13.6. The molecule has 0 aromatic carbocycles. The van der Waals surface area contributed by atoms with Crippen LogP contribution in [0.3, 0.4) is 0 Å². The van der Waals surface area contributed by atoms with Gasteiger partial charge in [-0.25, -0.2) is 0 Å². The van der Waals surface area contributed by atoms with Gasteiger partial charge < -0.3 is 9.47 Å². The van der Waals surface area contributed by atoms with Crippen molar-refractivity contribution < 1.29 is 19.1 Å². The van der Waals surface area contributed by atoms with Gasteiger partial charge >= 0.3 is 11.9 Å². The fraction of sp³-hybridized carbons (Fsp3) is 0.968. The normalized spacial score (nSPS) is 21.8. The lowest BCUT2D eigenvalue weighted by molar-refractivity contribution is -0.147. The second kappa shape index (κ2) is 38.7. The molecule has 0 amide bonds. The van der Waals surface area contributed by atoms with Gasteiger partial charge in [-0.05, 0) is 98.2 Å². The van der Waals surface area contributed by atoms with Crippen LogP contribution in [0.4, 0.5) is 0 Å². The highest BCUT2D eigenvalue weighted by molar-refractivity contribution is 5.69. The van der Waals surface area contributed by atoms with Crippen molar-refractivity contribution in [1.29, 1.82) is 0 Å². The van der Waals surface area contributed by atoms with E-state index >= 15 is 0 Å². The van der Waals surface area contributed by atoms with Crippen molar-refractivity contribution in [3.8, 4) is 0 Å². The van der Waals surface area contributed by atoms with Crippen molar-refractivity contribution in [1.82, 2.24) is 0 Å². The Balaban J connectivity index is 1.91. The molecule has 2 rings (SSSR count). The Morgan fingerprint density at radius 1 is 0.394 bits per heavy atom. The fourth-order valence-electron chi connectivity index (χ4n) is 13.7. The second-order valence-corrected chi connectivity index (χ2v) is 24.1. The number of fused-ring (bicyclic) bond motifs is 2. The first-order chi connectivity index (χ1) is 32.0. The van der Waals surface area contributed by atoms with Gasteiger partial charge in [0.15, 0.2) is 0 Å². The number of ether oxygens (including phenoxy) is 2. The van der Waals surface area contributed by atoms with E-state index in [-0.39, 0.29) is 22.8 Å². The van der Waals surface area contributed by atoms with E-state index in [0.29, 0.717) is 49.2 Å². The third-order valence-electron chi connectivity index (χ3n) is 17.0. The predicted octanol–water partition coefficient (Wildman–Crippen LogP) is 20.6. The van der Waals surface area contributed by atoms with E-state index in [1.54, 1.807) is 0 Å². The fourth-order valence-corrected chi connectivity index (χ4v) is 13.7. The Hall–Kier alpha value is -1.06. The van der Waals surface area contributed by atoms with Gasteiger partial charge in [-0.1, -0.05) is 260 Å². The number of unbranched alkanes of at least 4 members (excludes halogenated alkanes) is 24. The molecule has 0 N–H and O–H groups in total. The van der Waals surface area contributed by atoms with Crippen LogP contribution in [0.25, 0.3) is 0 Å². The van der Waals surface area contributed by atoms with Crippen molar-refractivity contribution >= 4 is 11.9 Å². The molecule has 4 nitrogen and oxygen atoms in total. The maximum absolute atomic E-state index is 13.6. The van der Waals surface area contributed by atoms with E-state index in [1.807, 2.05) is 0 Å². The summed E-state index contributed by atoms with van der Waals surface area (Å²) in [4.78, 5) is 27.0. The molecule has 2 aliphatic rings. The standard InChI is InChI=1S/C62H118O4/c1-8-13-17-21-25-29-33-37-55(38-34-30-26-22-18-14-9-2)43-48-65-58(63)41-46-61(7)51-57-50-60(6,45-12-5)53-62(52-57,54-61)47-42-59(64)66-49-44-56(39-35-31-27-23-19-15-10-3)40-36-32-28-24-20-16-11-4/h55-57H,8-54H2,1-7H3. The predicted molar refractivity (Wildman–Crippen MR) is 287 cm³/mol. The second-order valence-electron chi connectivity index (χ2n) is 24.1. The van der Waals surface area contributed by atoms with Gasteiger partial charge in [0.2, 0.25) is 0 Å². The first kappa shape index (κ1) is 61.1. The van der Waals surface area contributed by atoms with Crippen molar-refractivity contribution in [2.45, 2.75) is 337 Å².